The molecule has 12 rings (SSSR count). The van der Waals surface area contributed by atoms with E-state index in [1.165, 1.54) is 126 Å². The Labute approximate surface area is 938 Å². The van der Waals surface area contributed by atoms with E-state index in [-0.39, 0.29) is 327 Å². The summed E-state index contributed by atoms with van der Waals surface area (Å²) < 4.78 is 0. The molecule has 11 radical (unpaired) electrons. The van der Waals surface area contributed by atoms with Crippen molar-refractivity contribution in [3.8, 4) is 0 Å². The summed E-state index contributed by atoms with van der Waals surface area (Å²) in [6.45, 7) is 67.1. The Hall–Kier alpha value is 0.0190. The van der Waals surface area contributed by atoms with Gasteiger partial charge in [0, 0.05) is 338 Å². The van der Waals surface area contributed by atoms with Crippen LogP contribution in [0.25, 0.3) is 57.5 Å². The first-order valence-electron chi connectivity index (χ1n) is 35.8. The van der Waals surface area contributed by atoms with Gasteiger partial charge in [0.1, 0.15) is 0 Å². The quantitative estimate of drug-likeness (QED) is 0.0881. The van der Waals surface area contributed by atoms with Crippen molar-refractivity contribution in [2.75, 3.05) is 0 Å². The molecule has 7 aliphatic carbocycles. The van der Waals surface area contributed by atoms with Gasteiger partial charge in [-0.15, -0.1) is 82.7 Å². The number of fused-ring (bicyclic) bond motifs is 1. The third-order valence-electron chi connectivity index (χ3n) is 16.7. The van der Waals surface area contributed by atoms with Crippen LogP contribution in [-0.2, 0) is 327 Å². The maximum Gasteiger partial charge on any atom is 0.233 e. The van der Waals surface area contributed by atoms with Crippen LogP contribution in [0.1, 0.15) is 190 Å². The molecule has 0 saturated carbocycles. The zero-order valence-electron chi connectivity index (χ0n) is 70.9. The summed E-state index contributed by atoms with van der Waals surface area (Å²) in [5.41, 5.74) is 20.7. The van der Waals surface area contributed by atoms with Gasteiger partial charge in [0.25, 0.3) is 0 Å². The Morgan fingerprint density at radius 2 is 0.965 bits per heavy atom. The first-order valence-corrected chi connectivity index (χ1v) is 35.8. The van der Waals surface area contributed by atoms with Gasteiger partial charge in [0.15, 0.2) is 0 Å². The number of hydrogen-bond acceptors (Lipinski definition) is 2. The molecule has 0 N–H and O–H groups in total. The van der Waals surface area contributed by atoms with E-state index in [1.807, 2.05) is 82.4 Å². The molecular formula is C101H114MdO2Y10-10. The van der Waals surface area contributed by atoms with Crippen molar-refractivity contribution in [1.29, 1.82) is 0 Å². The van der Waals surface area contributed by atoms with Gasteiger partial charge < -0.3 is 0 Å². The van der Waals surface area contributed by atoms with Crippen molar-refractivity contribution in [1.82, 2.24) is 0 Å². The molecule has 114 heavy (non-hydrogen) atoms. The molecule has 7 aliphatic rings. The minimum absolute atomic E-state index is 0. The second-order valence-corrected chi connectivity index (χ2v) is 25.6. The Bertz CT molecular complexity index is 4510. The zero-order chi connectivity index (χ0) is 76.9. The van der Waals surface area contributed by atoms with Crippen LogP contribution in [0, 0.1) is 66.2 Å². The van der Waals surface area contributed by atoms with Crippen LogP contribution < -0.4 is 26.5 Å². The fourth-order valence-corrected chi connectivity index (χ4v) is 11.4. The predicted molar refractivity (Wildman–Crippen MR) is 456 cm³/mol. The standard InChI is InChI=1S/C17H13.C13H11.C12H17.C10H13.C9H11.C8H11.C7H6O2.2C7H9.C6H7.C5H7.Md.10Y/c1-3-12-11-13(4-2)16-10-6-8-14-7-5-9-15(12)17(14)16;1-3-10-9-11(4-2)13-8-6-5-7-12(10)13;1-5-10-7-11(6-2)9-12(3,4)8-10;1-3-9-6-5-7-10(4-2)8-9;1-3-8-5-6-9(4-2)7-8;1-7-4-3-5-8(2)6-7;1-3-5-4(2)6(8)7(5)9;1-6-3-4-7(2)5-6;1-3-5-7-6-4-2;1-5-3-6(2)4-5;1-3-5-4-2;;;;;;;;;;;/h3-10H,1H2,2H3;3-8H,1H2,2H3;5-6H,1,8-9H2,2-4H3;3-4H,1,5-7H2,2H3;3-4H,1,5-6H2,2H3;1,3-5H2,2H3;3H,2H2,1H3;1,3-4H2,2H3;3-6H,1H2,2H3;1,3H2,2H3;3-4H,1H2,2H3;;;;;;;;;;;/q6*-1;;4*-1;;;;;;;;;;;/b13-4-;11-4-;11-6-;10-4+;9-4+;;5-3-;;6-4+;;;;;;;;;;;;;. The van der Waals surface area contributed by atoms with Gasteiger partial charge in [-0.25, -0.2) is 67.3 Å². The second-order valence-electron chi connectivity index (χ2n) is 25.6. The van der Waals surface area contributed by atoms with E-state index < -0.39 is 10.9 Å². The molecule has 0 spiro atoms. The van der Waals surface area contributed by atoms with E-state index in [0.717, 1.165) is 78.9 Å². The molecule has 0 bridgehead atoms. The Morgan fingerprint density at radius 1 is 0.447 bits per heavy atom. The van der Waals surface area contributed by atoms with Crippen LogP contribution in [0.3, 0.4) is 0 Å². The maximum absolute atomic E-state index is 10.5. The average molecular weight is 2510 g/mol. The summed E-state index contributed by atoms with van der Waals surface area (Å²) in [5, 5.41) is 7.08. The van der Waals surface area contributed by atoms with E-state index in [4.69, 9.17) is 0 Å². The summed E-state index contributed by atoms with van der Waals surface area (Å²) in [7, 11) is 0. The van der Waals surface area contributed by atoms with Crippen molar-refractivity contribution in [3.05, 3.63) is 392 Å². The first-order chi connectivity index (χ1) is 49.4. The summed E-state index contributed by atoms with van der Waals surface area (Å²) in [6, 6.07) is 24.6. The fraction of sp³-hybridized carbons (Fsp3) is 0.267. The minimum atomic E-state index is -0.442. The van der Waals surface area contributed by atoms with Crippen molar-refractivity contribution in [2.45, 2.75) is 173 Å². The van der Waals surface area contributed by atoms with Crippen LogP contribution >= 0.6 is 0 Å². The number of hydrogen-bond donors (Lipinski definition) is 0. The minimum Gasteiger partial charge on any atom is -0.285 e. The molecule has 5 aromatic carbocycles. The fourth-order valence-electron chi connectivity index (χ4n) is 11.4. The van der Waals surface area contributed by atoms with Crippen molar-refractivity contribution < 1.29 is 327 Å². The predicted octanol–water partition coefficient (Wildman–Crippen LogP) is 25.2. The number of allylic oxidation sites excluding steroid dienone is 37. The Kier molecular flexibility index (Phi) is 93.2. The molecule has 0 amide bonds. The van der Waals surface area contributed by atoms with Crippen LogP contribution in [0.15, 0.2) is 288 Å². The molecule has 13 heteroatoms. The van der Waals surface area contributed by atoms with E-state index in [9.17, 15) is 9.59 Å². The molecule has 5 aromatic rings. The van der Waals surface area contributed by atoms with Gasteiger partial charge in [-0.05, 0) is 69.1 Å². The van der Waals surface area contributed by atoms with E-state index in [0.29, 0.717) is 15.9 Å². The maximum atomic E-state index is 10.5. The molecule has 2 nitrogen and oxygen atoms in total. The molecule has 0 aliphatic heterocycles. The van der Waals surface area contributed by atoms with Crippen LogP contribution in [0.5, 0.6) is 0 Å². The molecule has 0 saturated heterocycles. The number of rotatable bonds is 8. The second kappa shape index (κ2) is 79.0. The molecule has 0 heterocycles. The first kappa shape index (κ1) is 135. The summed E-state index contributed by atoms with van der Waals surface area (Å²) in [4.78, 5) is 21.0. The molecular weight excluding hydrogens is 2390 g/mol. The Morgan fingerprint density at radius 3 is 1.33 bits per heavy atom. The van der Waals surface area contributed by atoms with Gasteiger partial charge in [0.05, 0.1) is 0 Å². The smallest absolute Gasteiger partial charge is 0.233 e. The largest absolute Gasteiger partial charge is 0.285 e. The molecule has 0 fully saturated rings. The average Bonchev–Trinajstić information content (AvgIpc) is 1.05. The van der Waals surface area contributed by atoms with Gasteiger partial charge >= 0.3 is 0 Å². The summed E-state index contributed by atoms with van der Waals surface area (Å²) in [5.74, 6) is 0. The summed E-state index contributed by atoms with van der Waals surface area (Å²) in [6.07, 6.45) is 75.7. The van der Waals surface area contributed by atoms with E-state index in [1.54, 1.807) is 31.2 Å². The van der Waals surface area contributed by atoms with Gasteiger partial charge in [-0.2, -0.15) is 168 Å². The monoisotopic (exact) mass is 2510 g/mol. The van der Waals surface area contributed by atoms with Crippen molar-refractivity contribution in [3.63, 3.8) is 0 Å². The normalized spacial score (nSPS) is 16.0. The topological polar surface area (TPSA) is 34.1 Å². The van der Waals surface area contributed by atoms with Crippen molar-refractivity contribution in [2.24, 2.45) is 5.41 Å². The van der Waals surface area contributed by atoms with Crippen LogP contribution in [-0.4, -0.2) is 0 Å². The van der Waals surface area contributed by atoms with Gasteiger partial charge in [0.2, 0.25) is 10.9 Å². The van der Waals surface area contributed by atoms with Crippen LogP contribution in [0.4, 0.5) is 0 Å². The van der Waals surface area contributed by atoms with E-state index in [2.05, 4.69) is 273 Å². The molecule has 0 unspecified atom stereocenters. The van der Waals surface area contributed by atoms with Gasteiger partial charge in [-0.3, -0.25) is 15.7 Å². The third-order valence-corrected chi connectivity index (χ3v) is 16.7. The van der Waals surface area contributed by atoms with E-state index >= 15 is 0 Å². The van der Waals surface area contributed by atoms with Gasteiger partial charge in [-0.1, -0.05) is 205 Å². The summed E-state index contributed by atoms with van der Waals surface area (Å²) >= 11 is 0. The SMILES string of the molecule is C=C1[C-]=C(C)C1.C=C1[C-]=C(C)CC1.C=C1[C-]=C(C)CCC1.C=CC1=[C-]/C(=C/C)CC(C)(C)C1.C=CC1=[C-]/C(=C/C)CC1.C=CC1=[C-]/C(=C/C)CCC1.C=CC1=[C-]/C(=C/C)c2ccccc21.C=CC=[C-]/C=C/C.C=C[C-]=CC.C=Cc1[c-]/c(=C/C)c2cccc3cccc1c32.C=c1c(=O)c(=O)/c1=C\C.[Md].[Y].[Y].[Y].[Y].[Y].[Y].[Y].[Y].[Y].[Y]. The number of benzene rings is 4. The van der Waals surface area contributed by atoms with Crippen LogP contribution in [0.2, 0.25) is 0 Å². The molecule has 0 aromatic heterocycles. The third kappa shape index (κ3) is 52.0. The van der Waals surface area contributed by atoms with Crippen molar-refractivity contribution >= 4 is 57.5 Å². The zero-order valence-corrected chi connectivity index (χ0v) is 102. The molecule has 0 atom stereocenters. The Balaban J connectivity index is -0.000000131. The molecule has 583 valence electrons.